The van der Waals surface area contributed by atoms with Gasteiger partial charge >= 0.3 is 0 Å². The SMILES string of the molecule is [CH2]CCC[C@H](F)CCF. The molecular formula is C7H13F2. The van der Waals surface area contributed by atoms with Crippen molar-refractivity contribution < 1.29 is 8.78 Å². The largest absolute Gasteiger partial charge is 0.251 e. The molecule has 0 N–H and O–H groups in total. The molecule has 55 valence electrons. The molecule has 0 aromatic rings. The summed E-state index contributed by atoms with van der Waals surface area (Å²) in [6.07, 6.45) is 1.08. The summed E-state index contributed by atoms with van der Waals surface area (Å²) in [6.45, 7) is 3.01. The lowest BCUT2D eigenvalue weighted by molar-refractivity contribution is 0.265. The second-order valence-corrected chi connectivity index (χ2v) is 2.07. The fourth-order valence-electron chi connectivity index (χ4n) is 0.629. The fraction of sp³-hybridized carbons (Fsp3) is 0.857. The lowest BCUT2D eigenvalue weighted by Crippen LogP contribution is -2.00. The molecule has 0 amide bonds. The summed E-state index contributed by atoms with van der Waals surface area (Å²) in [6, 6.07) is 0. The maximum atomic E-state index is 12.3. The molecule has 0 unspecified atom stereocenters. The lowest BCUT2D eigenvalue weighted by Gasteiger charge is -2.01. The van der Waals surface area contributed by atoms with Gasteiger partial charge in [-0.05, 0) is 6.42 Å². The number of alkyl halides is 2. The van der Waals surface area contributed by atoms with Crippen molar-refractivity contribution in [2.24, 2.45) is 0 Å². The first kappa shape index (κ1) is 8.86. The fourth-order valence-corrected chi connectivity index (χ4v) is 0.629. The molecule has 1 atom stereocenters. The van der Waals surface area contributed by atoms with Crippen LogP contribution in [0.5, 0.6) is 0 Å². The Kier molecular flexibility index (Phi) is 5.89. The van der Waals surface area contributed by atoms with Crippen LogP contribution in [0, 0.1) is 6.92 Å². The Morgan fingerprint density at radius 3 is 2.44 bits per heavy atom. The first-order chi connectivity index (χ1) is 4.31. The molecule has 0 saturated carbocycles. The van der Waals surface area contributed by atoms with Crippen LogP contribution < -0.4 is 0 Å². The van der Waals surface area contributed by atoms with E-state index in [-0.39, 0.29) is 6.42 Å². The van der Waals surface area contributed by atoms with Crippen LogP contribution in [0.3, 0.4) is 0 Å². The molecular weight excluding hydrogens is 122 g/mol. The third-order valence-corrected chi connectivity index (χ3v) is 1.19. The van der Waals surface area contributed by atoms with Gasteiger partial charge in [0.15, 0.2) is 0 Å². The van der Waals surface area contributed by atoms with Crippen molar-refractivity contribution in [3.63, 3.8) is 0 Å². The molecule has 0 aliphatic heterocycles. The molecule has 0 heterocycles. The van der Waals surface area contributed by atoms with Crippen molar-refractivity contribution in [3.8, 4) is 0 Å². The van der Waals surface area contributed by atoms with Gasteiger partial charge in [-0.1, -0.05) is 19.8 Å². The third kappa shape index (κ3) is 5.74. The highest BCUT2D eigenvalue weighted by atomic mass is 19.1. The van der Waals surface area contributed by atoms with E-state index in [0.717, 1.165) is 12.8 Å². The van der Waals surface area contributed by atoms with Crippen molar-refractivity contribution in [1.29, 1.82) is 0 Å². The molecule has 1 radical (unpaired) electrons. The van der Waals surface area contributed by atoms with E-state index in [0.29, 0.717) is 6.42 Å². The minimum atomic E-state index is -0.947. The summed E-state index contributed by atoms with van der Waals surface area (Å²) in [5, 5.41) is 0. The van der Waals surface area contributed by atoms with Crippen LogP contribution in [0.15, 0.2) is 0 Å². The topological polar surface area (TPSA) is 0 Å². The van der Waals surface area contributed by atoms with Gasteiger partial charge in [0.1, 0.15) is 6.17 Å². The van der Waals surface area contributed by atoms with Crippen LogP contribution in [0.25, 0.3) is 0 Å². The Hall–Kier alpha value is -0.140. The maximum absolute atomic E-state index is 12.3. The molecule has 0 spiro atoms. The monoisotopic (exact) mass is 135 g/mol. The number of hydrogen-bond acceptors (Lipinski definition) is 0. The predicted octanol–water partition coefficient (Wildman–Crippen LogP) is 2.69. The van der Waals surface area contributed by atoms with Gasteiger partial charge in [-0.15, -0.1) is 0 Å². The van der Waals surface area contributed by atoms with Gasteiger partial charge in [-0.25, -0.2) is 4.39 Å². The van der Waals surface area contributed by atoms with Crippen molar-refractivity contribution in [2.45, 2.75) is 31.9 Å². The molecule has 0 aliphatic rings. The standard InChI is InChI=1S/C7H13F2/c1-2-3-4-7(9)5-6-8/h7H,1-6H2/t7-/m0/s1. The highest BCUT2D eigenvalue weighted by Gasteiger charge is 2.03. The quantitative estimate of drug-likeness (QED) is 0.543. The highest BCUT2D eigenvalue weighted by Crippen LogP contribution is 2.07. The Labute approximate surface area is 55.3 Å². The first-order valence-electron chi connectivity index (χ1n) is 3.30. The van der Waals surface area contributed by atoms with E-state index >= 15 is 0 Å². The smallest absolute Gasteiger partial charge is 0.103 e. The van der Waals surface area contributed by atoms with Crippen molar-refractivity contribution >= 4 is 0 Å². The van der Waals surface area contributed by atoms with Gasteiger partial charge in [-0.3, -0.25) is 4.39 Å². The Bertz CT molecular complexity index is 54.9. The first-order valence-corrected chi connectivity index (χ1v) is 3.30. The van der Waals surface area contributed by atoms with Gasteiger partial charge in [0.05, 0.1) is 6.67 Å². The second-order valence-electron chi connectivity index (χ2n) is 2.07. The van der Waals surface area contributed by atoms with Crippen molar-refractivity contribution in [3.05, 3.63) is 6.92 Å². The Balaban J connectivity index is 2.95. The summed E-state index contributed by atoms with van der Waals surface area (Å²) in [5.74, 6) is 0. The van der Waals surface area contributed by atoms with Crippen LogP contribution >= 0.6 is 0 Å². The second kappa shape index (κ2) is 5.99. The Morgan fingerprint density at radius 2 is 2.00 bits per heavy atom. The number of hydrogen-bond donors (Lipinski definition) is 0. The minimum absolute atomic E-state index is 0.0556. The summed E-state index contributed by atoms with van der Waals surface area (Å²) in [4.78, 5) is 0. The van der Waals surface area contributed by atoms with Crippen LogP contribution in [0.1, 0.15) is 25.7 Å². The van der Waals surface area contributed by atoms with Crippen LogP contribution in [0.4, 0.5) is 8.78 Å². The van der Waals surface area contributed by atoms with E-state index in [1.54, 1.807) is 0 Å². The normalized spacial score (nSPS) is 13.7. The van der Waals surface area contributed by atoms with Gasteiger partial charge in [0.2, 0.25) is 0 Å². The van der Waals surface area contributed by atoms with Gasteiger partial charge in [0, 0.05) is 6.42 Å². The molecule has 0 rings (SSSR count). The molecule has 0 aromatic heterocycles. The van der Waals surface area contributed by atoms with Gasteiger partial charge in [-0.2, -0.15) is 0 Å². The summed E-state index contributed by atoms with van der Waals surface area (Å²) in [7, 11) is 0. The number of rotatable bonds is 5. The van der Waals surface area contributed by atoms with Crippen LogP contribution in [0.2, 0.25) is 0 Å². The number of unbranched alkanes of at least 4 members (excludes halogenated alkanes) is 1. The van der Waals surface area contributed by atoms with Gasteiger partial charge < -0.3 is 0 Å². The maximum Gasteiger partial charge on any atom is 0.103 e. The zero-order valence-electron chi connectivity index (χ0n) is 5.58. The minimum Gasteiger partial charge on any atom is -0.251 e. The zero-order chi connectivity index (χ0) is 7.11. The van der Waals surface area contributed by atoms with Crippen molar-refractivity contribution in [2.75, 3.05) is 6.67 Å². The molecule has 0 fully saturated rings. The summed E-state index contributed by atoms with van der Waals surface area (Å²) < 4.78 is 23.7. The van der Waals surface area contributed by atoms with Crippen LogP contribution in [-0.4, -0.2) is 12.8 Å². The van der Waals surface area contributed by atoms with E-state index in [2.05, 4.69) is 6.92 Å². The van der Waals surface area contributed by atoms with E-state index < -0.39 is 12.8 Å². The molecule has 0 aliphatic carbocycles. The molecule has 2 heteroatoms. The third-order valence-electron chi connectivity index (χ3n) is 1.19. The average Bonchev–Trinajstić information content (AvgIpc) is 1.85. The summed E-state index contributed by atoms with van der Waals surface area (Å²) in [5.41, 5.74) is 0. The molecule has 0 saturated heterocycles. The summed E-state index contributed by atoms with van der Waals surface area (Å²) >= 11 is 0. The van der Waals surface area contributed by atoms with Crippen LogP contribution in [-0.2, 0) is 0 Å². The molecule has 0 aromatic carbocycles. The molecule has 0 nitrogen and oxygen atoms in total. The van der Waals surface area contributed by atoms with E-state index in [4.69, 9.17) is 0 Å². The van der Waals surface area contributed by atoms with E-state index in [9.17, 15) is 8.78 Å². The van der Waals surface area contributed by atoms with E-state index in [1.165, 1.54) is 0 Å². The molecule has 9 heavy (non-hydrogen) atoms. The van der Waals surface area contributed by atoms with E-state index in [1.807, 2.05) is 0 Å². The highest BCUT2D eigenvalue weighted by molar-refractivity contribution is 4.55. The number of halogens is 2. The zero-order valence-corrected chi connectivity index (χ0v) is 5.58. The predicted molar refractivity (Wildman–Crippen MR) is 34.7 cm³/mol. The van der Waals surface area contributed by atoms with Gasteiger partial charge in [0.25, 0.3) is 0 Å². The Morgan fingerprint density at radius 1 is 1.33 bits per heavy atom. The van der Waals surface area contributed by atoms with Crippen molar-refractivity contribution in [1.82, 2.24) is 0 Å². The lowest BCUT2D eigenvalue weighted by atomic mass is 10.1. The molecule has 0 bridgehead atoms. The average molecular weight is 135 g/mol.